The van der Waals surface area contributed by atoms with Crippen LogP contribution in [0.4, 0.5) is 4.39 Å². The molecule has 0 spiro atoms. The summed E-state index contributed by atoms with van der Waals surface area (Å²) in [5, 5.41) is 0.386. The number of halogens is 2. The Bertz CT molecular complexity index is 555. The summed E-state index contributed by atoms with van der Waals surface area (Å²) in [5.41, 5.74) is 1.32. The molecular weight excluding hydrogens is 255 g/mol. The monoisotopic (exact) mass is 266 g/mol. The van der Waals surface area contributed by atoms with E-state index in [1.165, 1.54) is 6.07 Å². The van der Waals surface area contributed by atoms with Gasteiger partial charge in [0.05, 0.1) is 0 Å². The van der Waals surface area contributed by atoms with E-state index in [1.807, 2.05) is 6.92 Å². The first kappa shape index (κ1) is 12.8. The van der Waals surface area contributed by atoms with Gasteiger partial charge in [-0.1, -0.05) is 11.6 Å². The van der Waals surface area contributed by atoms with E-state index >= 15 is 0 Å². The van der Waals surface area contributed by atoms with E-state index in [4.69, 9.17) is 16.3 Å². The summed E-state index contributed by atoms with van der Waals surface area (Å²) in [6.45, 7) is 3.72. The molecule has 0 saturated carbocycles. The minimum atomic E-state index is -0.253. The second-order valence-electron chi connectivity index (χ2n) is 3.95. The molecule has 0 bridgehead atoms. The van der Waals surface area contributed by atoms with Gasteiger partial charge in [0.2, 0.25) is 0 Å². The Labute approximate surface area is 110 Å². The van der Waals surface area contributed by atoms with Crippen molar-refractivity contribution in [2.24, 2.45) is 0 Å². The molecule has 0 aliphatic carbocycles. The SMILES string of the molecule is Cc1cc(Cl)nc(COc2ccc(F)c(C)c2)n1. The molecule has 0 saturated heterocycles. The quantitative estimate of drug-likeness (QED) is 0.798. The summed E-state index contributed by atoms with van der Waals surface area (Å²) in [7, 11) is 0. The third kappa shape index (κ3) is 3.17. The average Bonchev–Trinajstić information content (AvgIpc) is 2.29. The summed E-state index contributed by atoms with van der Waals surface area (Å²) in [6.07, 6.45) is 0. The molecule has 2 rings (SSSR count). The molecule has 1 aromatic carbocycles. The van der Waals surface area contributed by atoms with Crippen LogP contribution < -0.4 is 4.74 Å². The number of ether oxygens (including phenoxy) is 1. The molecule has 3 nitrogen and oxygen atoms in total. The molecule has 0 N–H and O–H groups in total. The van der Waals surface area contributed by atoms with Gasteiger partial charge in [0.1, 0.15) is 23.3 Å². The van der Waals surface area contributed by atoms with Crippen LogP contribution in [0.3, 0.4) is 0 Å². The number of hydrogen-bond acceptors (Lipinski definition) is 3. The Kier molecular flexibility index (Phi) is 3.77. The summed E-state index contributed by atoms with van der Waals surface area (Å²) in [4.78, 5) is 8.24. The highest BCUT2D eigenvalue weighted by Crippen LogP contribution is 2.17. The van der Waals surface area contributed by atoms with Crippen molar-refractivity contribution < 1.29 is 9.13 Å². The molecule has 1 aromatic heterocycles. The van der Waals surface area contributed by atoms with Gasteiger partial charge in [-0.25, -0.2) is 14.4 Å². The zero-order chi connectivity index (χ0) is 13.1. The largest absolute Gasteiger partial charge is 0.486 e. The van der Waals surface area contributed by atoms with Crippen molar-refractivity contribution in [1.82, 2.24) is 9.97 Å². The first-order valence-corrected chi connectivity index (χ1v) is 5.81. The van der Waals surface area contributed by atoms with Gasteiger partial charge in [-0.05, 0) is 43.7 Å². The molecule has 0 atom stereocenters. The standard InChI is InChI=1S/C13H12ClFN2O/c1-8-5-10(3-4-11(8)15)18-7-13-16-9(2)6-12(14)17-13/h3-6H,7H2,1-2H3. The van der Waals surface area contributed by atoms with Crippen LogP contribution in [-0.2, 0) is 6.61 Å². The number of aromatic nitrogens is 2. The van der Waals surface area contributed by atoms with Crippen LogP contribution in [0, 0.1) is 19.7 Å². The second kappa shape index (κ2) is 5.31. The lowest BCUT2D eigenvalue weighted by molar-refractivity contribution is 0.295. The molecule has 0 aliphatic heterocycles. The van der Waals surface area contributed by atoms with Gasteiger partial charge in [-0.15, -0.1) is 0 Å². The van der Waals surface area contributed by atoms with Crippen molar-refractivity contribution in [3.63, 3.8) is 0 Å². The van der Waals surface area contributed by atoms with Crippen LogP contribution >= 0.6 is 11.6 Å². The molecule has 5 heteroatoms. The van der Waals surface area contributed by atoms with Crippen LogP contribution in [-0.4, -0.2) is 9.97 Å². The van der Waals surface area contributed by atoms with Crippen LogP contribution in [0.1, 0.15) is 17.1 Å². The van der Waals surface area contributed by atoms with Crippen molar-refractivity contribution in [1.29, 1.82) is 0 Å². The van der Waals surface area contributed by atoms with E-state index in [2.05, 4.69) is 9.97 Å². The topological polar surface area (TPSA) is 35.0 Å². The van der Waals surface area contributed by atoms with Crippen molar-refractivity contribution in [3.8, 4) is 5.75 Å². The van der Waals surface area contributed by atoms with Crippen molar-refractivity contribution in [2.75, 3.05) is 0 Å². The molecule has 0 fully saturated rings. The molecule has 94 valence electrons. The van der Waals surface area contributed by atoms with Gasteiger partial charge in [-0.3, -0.25) is 0 Å². The van der Waals surface area contributed by atoms with Crippen LogP contribution in [0.5, 0.6) is 5.75 Å². The van der Waals surface area contributed by atoms with E-state index in [-0.39, 0.29) is 12.4 Å². The molecule has 0 amide bonds. The maximum atomic E-state index is 13.1. The van der Waals surface area contributed by atoms with Gasteiger partial charge in [-0.2, -0.15) is 0 Å². The normalized spacial score (nSPS) is 10.4. The molecule has 1 heterocycles. The maximum Gasteiger partial charge on any atom is 0.167 e. The molecule has 2 aromatic rings. The van der Waals surface area contributed by atoms with Crippen LogP contribution in [0.25, 0.3) is 0 Å². The number of rotatable bonds is 3. The zero-order valence-electron chi connectivity index (χ0n) is 10.1. The molecule has 0 unspecified atom stereocenters. The fourth-order valence-corrected chi connectivity index (χ4v) is 1.76. The van der Waals surface area contributed by atoms with Crippen LogP contribution in [0.2, 0.25) is 5.15 Å². The number of nitrogens with zero attached hydrogens (tertiary/aromatic N) is 2. The molecule has 18 heavy (non-hydrogen) atoms. The maximum absolute atomic E-state index is 13.1. The van der Waals surface area contributed by atoms with E-state index in [9.17, 15) is 4.39 Å². The van der Waals surface area contributed by atoms with E-state index in [1.54, 1.807) is 25.1 Å². The Morgan fingerprint density at radius 2 is 2.00 bits per heavy atom. The minimum absolute atomic E-state index is 0.201. The van der Waals surface area contributed by atoms with Crippen LogP contribution in [0.15, 0.2) is 24.3 Å². The van der Waals surface area contributed by atoms with Gasteiger partial charge in [0, 0.05) is 5.69 Å². The summed E-state index contributed by atoms with van der Waals surface area (Å²) >= 11 is 5.82. The molecular formula is C13H12ClFN2O. The highest BCUT2D eigenvalue weighted by atomic mass is 35.5. The summed E-state index contributed by atoms with van der Waals surface area (Å²) < 4.78 is 18.6. The highest BCUT2D eigenvalue weighted by Gasteiger charge is 2.04. The van der Waals surface area contributed by atoms with Crippen molar-refractivity contribution >= 4 is 11.6 Å². The second-order valence-corrected chi connectivity index (χ2v) is 4.34. The third-order valence-electron chi connectivity index (χ3n) is 2.37. The Hall–Kier alpha value is -1.68. The number of hydrogen-bond donors (Lipinski definition) is 0. The van der Waals surface area contributed by atoms with Gasteiger partial charge < -0.3 is 4.74 Å². The van der Waals surface area contributed by atoms with Crippen molar-refractivity contribution in [2.45, 2.75) is 20.5 Å². The predicted octanol–water partition coefficient (Wildman–Crippen LogP) is 3.46. The van der Waals surface area contributed by atoms with E-state index in [0.717, 1.165) is 5.69 Å². The highest BCUT2D eigenvalue weighted by molar-refractivity contribution is 6.29. The Morgan fingerprint density at radius 3 is 2.67 bits per heavy atom. The molecule has 0 aliphatic rings. The average molecular weight is 267 g/mol. The lowest BCUT2D eigenvalue weighted by Gasteiger charge is -2.07. The smallest absolute Gasteiger partial charge is 0.167 e. The Morgan fingerprint density at radius 1 is 1.22 bits per heavy atom. The summed E-state index contributed by atoms with van der Waals surface area (Å²) in [5.74, 6) is 0.828. The minimum Gasteiger partial charge on any atom is -0.486 e. The fraction of sp³-hybridized carbons (Fsp3) is 0.231. The number of aryl methyl sites for hydroxylation is 2. The lowest BCUT2D eigenvalue weighted by atomic mass is 10.2. The molecule has 0 radical (unpaired) electrons. The fourth-order valence-electron chi connectivity index (χ4n) is 1.51. The van der Waals surface area contributed by atoms with E-state index < -0.39 is 0 Å². The van der Waals surface area contributed by atoms with Gasteiger partial charge >= 0.3 is 0 Å². The number of benzene rings is 1. The van der Waals surface area contributed by atoms with E-state index in [0.29, 0.717) is 22.3 Å². The summed E-state index contributed by atoms with van der Waals surface area (Å²) in [6, 6.07) is 6.24. The third-order valence-corrected chi connectivity index (χ3v) is 2.56. The van der Waals surface area contributed by atoms with Crippen molar-refractivity contribution in [3.05, 3.63) is 52.3 Å². The predicted molar refractivity (Wildman–Crippen MR) is 67.2 cm³/mol. The van der Waals surface area contributed by atoms with Gasteiger partial charge in [0.25, 0.3) is 0 Å². The van der Waals surface area contributed by atoms with Gasteiger partial charge in [0.15, 0.2) is 5.82 Å². The lowest BCUT2D eigenvalue weighted by Crippen LogP contribution is -2.03. The first-order valence-electron chi connectivity index (χ1n) is 5.43. The Balaban J connectivity index is 2.08. The zero-order valence-corrected chi connectivity index (χ0v) is 10.8. The first-order chi connectivity index (χ1) is 8.54.